The van der Waals surface area contributed by atoms with Crippen molar-refractivity contribution < 1.29 is 9.21 Å². The van der Waals surface area contributed by atoms with Gasteiger partial charge >= 0.3 is 0 Å². The van der Waals surface area contributed by atoms with Crippen LogP contribution in [-0.4, -0.2) is 25.0 Å². The fourth-order valence-corrected chi connectivity index (χ4v) is 2.33. The number of furan rings is 1. The molecule has 0 bridgehead atoms. The summed E-state index contributed by atoms with van der Waals surface area (Å²) in [6.45, 7) is 1.81. The predicted octanol–water partition coefficient (Wildman–Crippen LogP) is 1.91. The molecule has 16 heavy (non-hydrogen) atoms. The molecule has 2 rings (SSSR count). The molecule has 1 aliphatic rings. The zero-order valence-corrected chi connectivity index (χ0v) is 10.5. The molecular weight excluding hydrogens is 272 g/mol. The van der Waals surface area contributed by atoms with Gasteiger partial charge in [0.15, 0.2) is 4.67 Å². The van der Waals surface area contributed by atoms with Gasteiger partial charge in [0.1, 0.15) is 0 Å². The molecule has 0 spiro atoms. The summed E-state index contributed by atoms with van der Waals surface area (Å²) in [6.07, 6.45) is 4.94. The number of carbonyl (C=O) groups is 1. The van der Waals surface area contributed by atoms with Crippen molar-refractivity contribution >= 4 is 21.8 Å². The van der Waals surface area contributed by atoms with E-state index in [1.54, 1.807) is 6.07 Å². The fourth-order valence-electron chi connectivity index (χ4n) is 1.91. The number of rotatable bonds is 4. The molecule has 1 saturated heterocycles. The van der Waals surface area contributed by atoms with Crippen LogP contribution in [0.3, 0.4) is 0 Å². The minimum absolute atomic E-state index is 0.0846. The quantitative estimate of drug-likeness (QED) is 0.889. The molecular formula is C11H15BrN2O2. The highest BCUT2D eigenvalue weighted by Gasteiger charge is 2.15. The van der Waals surface area contributed by atoms with Gasteiger partial charge in [-0.15, -0.1) is 0 Å². The lowest BCUT2D eigenvalue weighted by molar-refractivity contribution is 0.0950. The van der Waals surface area contributed by atoms with Crippen molar-refractivity contribution in [2.75, 3.05) is 13.1 Å². The summed E-state index contributed by atoms with van der Waals surface area (Å²) >= 11 is 3.19. The standard InChI is InChI=1S/C11H15BrN2O2/c12-10-9(4-7-16-10)11(15)14-6-3-8-2-1-5-13-8/h4,7-8,13H,1-3,5-6H2,(H,14,15). The monoisotopic (exact) mass is 286 g/mol. The Balaban J connectivity index is 1.73. The van der Waals surface area contributed by atoms with Crippen LogP contribution in [0.1, 0.15) is 29.6 Å². The molecule has 0 aliphatic carbocycles. The lowest BCUT2D eigenvalue weighted by atomic mass is 10.1. The molecule has 1 amide bonds. The largest absolute Gasteiger partial charge is 0.457 e. The van der Waals surface area contributed by atoms with Gasteiger partial charge in [0.05, 0.1) is 11.8 Å². The molecule has 0 radical (unpaired) electrons. The number of nitrogens with one attached hydrogen (secondary N) is 2. The van der Waals surface area contributed by atoms with Crippen LogP contribution < -0.4 is 10.6 Å². The van der Waals surface area contributed by atoms with Crippen LogP contribution in [-0.2, 0) is 0 Å². The molecule has 2 N–H and O–H groups in total. The van der Waals surface area contributed by atoms with Gasteiger partial charge in [-0.3, -0.25) is 4.79 Å². The Morgan fingerprint density at radius 2 is 2.56 bits per heavy atom. The second-order valence-corrected chi connectivity index (χ2v) is 4.67. The molecule has 1 fully saturated rings. The van der Waals surface area contributed by atoms with Gasteiger partial charge < -0.3 is 15.1 Å². The van der Waals surface area contributed by atoms with Crippen molar-refractivity contribution in [3.8, 4) is 0 Å². The van der Waals surface area contributed by atoms with Gasteiger partial charge in [0.25, 0.3) is 5.91 Å². The van der Waals surface area contributed by atoms with Gasteiger partial charge in [0, 0.05) is 12.6 Å². The third-order valence-electron chi connectivity index (χ3n) is 2.80. The van der Waals surface area contributed by atoms with Crippen molar-refractivity contribution in [2.24, 2.45) is 0 Å². The van der Waals surface area contributed by atoms with Crippen molar-refractivity contribution in [1.82, 2.24) is 10.6 Å². The highest BCUT2D eigenvalue weighted by molar-refractivity contribution is 9.10. The predicted molar refractivity (Wildman–Crippen MR) is 64.4 cm³/mol. The van der Waals surface area contributed by atoms with E-state index in [4.69, 9.17) is 4.42 Å². The van der Waals surface area contributed by atoms with E-state index in [-0.39, 0.29) is 5.91 Å². The Hall–Kier alpha value is -0.810. The molecule has 5 heteroatoms. The Morgan fingerprint density at radius 3 is 3.19 bits per heavy atom. The maximum absolute atomic E-state index is 11.7. The SMILES string of the molecule is O=C(NCCC1CCCN1)c1ccoc1Br. The maximum Gasteiger partial charge on any atom is 0.255 e. The van der Waals surface area contributed by atoms with Crippen LogP contribution in [0.25, 0.3) is 0 Å². The van der Waals surface area contributed by atoms with Gasteiger partial charge in [0.2, 0.25) is 0 Å². The molecule has 1 atom stereocenters. The Kier molecular flexibility index (Phi) is 4.01. The second-order valence-electron chi connectivity index (χ2n) is 3.95. The summed E-state index contributed by atoms with van der Waals surface area (Å²) in [5.41, 5.74) is 0.555. The van der Waals surface area contributed by atoms with E-state index in [1.807, 2.05) is 0 Å². The maximum atomic E-state index is 11.7. The minimum atomic E-state index is -0.0846. The van der Waals surface area contributed by atoms with Gasteiger partial charge in [-0.05, 0) is 47.8 Å². The van der Waals surface area contributed by atoms with E-state index in [0.29, 0.717) is 22.8 Å². The number of carbonyl (C=O) groups excluding carboxylic acids is 1. The first kappa shape index (κ1) is 11.7. The third kappa shape index (κ3) is 2.86. The molecule has 1 aromatic heterocycles. The van der Waals surface area contributed by atoms with E-state index in [2.05, 4.69) is 26.6 Å². The van der Waals surface area contributed by atoms with Crippen LogP contribution in [0.5, 0.6) is 0 Å². The average molecular weight is 287 g/mol. The highest BCUT2D eigenvalue weighted by Crippen LogP contribution is 2.17. The highest BCUT2D eigenvalue weighted by atomic mass is 79.9. The summed E-state index contributed by atoms with van der Waals surface area (Å²) in [5, 5.41) is 6.28. The minimum Gasteiger partial charge on any atom is -0.457 e. The fraction of sp³-hybridized carbons (Fsp3) is 0.545. The van der Waals surface area contributed by atoms with Crippen molar-refractivity contribution in [2.45, 2.75) is 25.3 Å². The first-order valence-corrected chi connectivity index (χ1v) is 6.31. The normalized spacial score (nSPS) is 19.9. The molecule has 0 aromatic carbocycles. The van der Waals surface area contributed by atoms with Crippen molar-refractivity contribution in [1.29, 1.82) is 0 Å². The first-order valence-electron chi connectivity index (χ1n) is 5.52. The third-order valence-corrected chi connectivity index (χ3v) is 3.42. The molecule has 0 saturated carbocycles. The summed E-state index contributed by atoms with van der Waals surface area (Å²) < 4.78 is 5.50. The Morgan fingerprint density at radius 1 is 1.69 bits per heavy atom. The van der Waals surface area contributed by atoms with E-state index >= 15 is 0 Å². The molecule has 1 aliphatic heterocycles. The number of hydrogen-bond donors (Lipinski definition) is 2. The van der Waals surface area contributed by atoms with E-state index < -0.39 is 0 Å². The Bertz CT molecular complexity index is 359. The number of hydrogen-bond acceptors (Lipinski definition) is 3. The Labute approximate surface area is 103 Å². The zero-order valence-electron chi connectivity index (χ0n) is 8.96. The smallest absolute Gasteiger partial charge is 0.255 e. The lowest BCUT2D eigenvalue weighted by Gasteiger charge is -2.10. The number of amides is 1. The first-order chi connectivity index (χ1) is 7.77. The van der Waals surface area contributed by atoms with Gasteiger partial charge in [-0.25, -0.2) is 0 Å². The lowest BCUT2D eigenvalue weighted by Crippen LogP contribution is -2.30. The summed E-state index contributed by atoms with van der Waals surface area (Å²) in [7, 11) is 0. The molecule has 88 valence electrons. The molecule has 1 unspecified atom stereocenters. The zero-order chi connectivity index (χ0) is 11.4. The van der Waals surface area contributed by atoms with E-state index in [9.17, 15) is 4.79 Å². The summed E-state index contributed by atoms with van der Waals surface area (Å²) in [6, 6.07) is 2.22. The number of halogens is 1. The van der Waals surface area contributed by atoms with Crippen LogP contribution in [0.2, 0.25) is 0 Å². The van der Waals surface area contributed by atoms with Gasteiger partial charge in [-0.1, -0.05) is 0 Å². The van der Waals surface area contributed by atoms with Gasteiger partial charge in [-0.2, -0.15) is 0 Å². The summed E-state index contributed by atoms with van der Waals surface area (Å²) in [5.74, 6) is -0.0846. The van der Waals surface area contributed by atoms with Crippen molar-refractivity contribution in [3.63, 3.8) is 0 Å². The molecule has 1 aromatic rings. The average Bonchev–Trinajstić information content (AvgIpc) is 2.88. The summed E-state index contributed by atoms with van der Waals surface area (Å²) in [4.78, 5) is 11.7. The van der Waals surface area contributed by atoms with Crippen LogP contribution >= 0.6 is 15.9 Å². The molecule has 2 heterocycles. The van der Waals surface area contributed by atoms with E-state index in [0.717, 1.165) is 13.0 Å². The van der Waals surface area contributed by atoms with Crippen molar-refractivity contribution in [3.05, 3.63) is 22.6 Å². The van der Waals surface area contributed by atoms with Crippen LogP contribution in [0.15, 0.2) is 21.4 Å². The van der Waals surface area contributed by atoms with Crippen LogP contribution in [0, 0.1) is 0 Å². The second kappa shape index (κ2) is 5.50. The van der Waals surface area contributed by atoms with Crippen LogP contribution in [0.4, 0.5) is 0 Å². The molecule has 4 nitrogen and oxygen atoms in total. The topological polar surface area (TPSA) is 54.3 Å². The van der Waals surface area contributed by atoms with E-state index in [1.165, 1.54) is 19.1 Å².